The molecule has 0 aromatic rings. The molecule has 1 heterocycles. The molecule has 0 saturated carbocycles. The fourth-order valence-corrected chi connectivity index (χ4v) is 1.54. The standard InChI is InChI=1S/C11H20N2O3.C3H8/c1-11(2,3)16-10(15)12-8-9(14)13-6-4-5-7-13;1-3-2/h4-8H2,1-3H3,(H,12,15);3H2,1-2H3. The second-order valence-electron chi connectivity index (χ2n) is 5.65. The topological polar surface area (TPSA) is 58.6 Å². The molecule has 0 bridgehead atoms. The van der Waals surface area contributed by atoms with Crippen molar-refractivity contribution in [1.29, 1.82) is 0 Å². The molecule has 1 aliphatic heterocycles. The lowest BCUT2D eigenvalue weighted by Gasteiger charge is -2.20. The van der Waals surface area contributed by atoms with Gasteiger partial charge in [0, 0.05) is 13.1 Å². The third-order valence-corrected chi connectivity index (χ3v) is 2.24. The van der Waals surface area contributed by atoms with Crippen LogP contribution >= 0.6 is 0 Å². The summed E-state index contributed by atoms with van der Waals surface area (Å²) in [6, 6.07) is 0. The Kier molecular flexibility index (Phi) is 8.19. The number of nitrogens with one attached hydrogen (secondary N) is 1. The van der Waals surface area contributed by atoms with Gasteiger partial charge in [-0.25, -0.2) is 4.79 Å². The number of hydrogen-bond donors (Lipinski definition) is 1. The lowest BCUT2D eigenvalue weighted by atomic mass is 10.2. The molecule has 0 radical (unpaired) electrons. The van der Waals surface area contributed by atoms with Crippen LogP contribution in [-0.4, -0.2) is 42.1 Å². The summed E-state index contributed by atoms with van der Waals surface area (Å²) in [4.78, 5) is 24.6. The first kappa shape index (κ1) is 17.7. The van der Waals surface area contributed by atoms with Crippen molar-refractivity contribution in [3.63, 3.8) is 0 Å². The lowest BCUT2D eigenvalue weighted by Crippen LogP contribution is -2.40. The number of ether oxygens (including phenoxy) is 1. The Morgan fingerprint density at radius 3 is 2.05 bits per heavy atom. The minimum atomic E-state index is -0.542. The summed E-state index contributed by atoms with van der Waals surface area (Å²) >= 11 is 0. The van der Waals surface area contributed by atoms with Gasteiger partial charge in [-0.15, -0.1) is 0 Å². The predicted octanol–water partition coefficient (Wildman–Crippen LogP) is 2.55. The van der Waals surface area contributed by atoms with E-state index in [1.807, 2.05) is 0 Å². The summed E-state index contributed by atoms with van der Waals surface area (Å²) in [6.45, 7) is 11.2. The van der Waals surface area contributed by atoms with Crippen LogP contribution in [0.15, 0.2) is 0 Å². The molecule has 112 valence electrons. The SMILES string of the molecule is CC(C)(C)OC(=O)NCC(=O)N1CCCC1.CCC. The largest absolute Gasteiger partial charge is 0.444 e. The lowest BCUT2D eigenvalue weighted by molar-refractivity contribution is -0.129. The maximum absolute atomic E-state index is 11.6. The number of rotatable bonds is 2. The van der Waals surface area contributed by atoms with Gasteiger partial charge in [0.05, 0.1) is 0 Å². The molecule has 0 aliphatic carbocycles. The molecule has 19 heavy (non-hydrogen) atoms. The summed E-state index contributed by atoms with van der Waals surface area (Å²) in [5.41, 5.74) is -0.527. The first-order chi connectivity index (χ1) is 8.80. The molecule has 1 fully saturated rings. The molecule has 0 atom stereocenters. The number of nitrogens with zero attached hydrogens (tertiary/aromatic N) is 1. The van der Waals surface area contributed by atoms with Gasteiger partial charge in [0.2, 0.25) is 5.91 Å². The fraction of sp³-hybridized carbons (Fsp3) is 0.857. The third kappa shape index (κ3) is 9.33. The number of carbonyl (C=O) groups is 2. The average Bonchev–Trinajstić information content (AvgIpc) is 2.78. The molecule has 0 spiro atoms. The first-order valence-electron chi connectivity index (χ1n) is 7.04. The molecular weight excluding hydrogens is 244 g/mol. The molecule has 0 aromatic heterocycles. The first-order valence-corrected chi connectivity index (χ1v) is 7.04. The van der Waals surface area contributed by atoms with E-state index in [1.165, 1.54) is 6.42 Å². The number of likely N-dealkylation sites (tertiary alicyclic amines) is 1. The highest BCUT2D eigenvalue weighted by Gasteiger charge is 2.20. The van der Waals surface area contributed by atoms with E-state index in [0.717, 1.165) is 25.9 Å². The van der Waals surface area contributed by atoms with Gasteiger partial charge in [-0.2, -0.15) is 0 Å². The predicted molar refractivity (Wildman–Crippen MR) is 76.0 cm³/mol. The van der Waals surface area contributed by atoms with Crippen LogP contribution < -0.4 is 5.32 Å². The summed E-state index contributed by atoms with van der Waals surface area (Å²) in [6.07, 6.45) is 2.82. The summed E-state index contributed by atoms with van der Waals surface area (Å²) in [5.74, 6) is -0.0386. The van der Waals surface area contributed by atoms with Crippen molar-refractivity contribution < 1.29 is 14.3 Å². The van der Waals surface area contributed by atoms with E-state index in [1.54, 1.807) is 25.7 Å². The number of carbonyl (C=O) groups excluding carboxylic acids is 2. The van der Waals surface area contributed by atoms with E-state index in [0.29, 0.717) is 0 Å². The zero-order chi connectivity index (χ0) is 14.9. The van der Waals surface area contributed by atoms with Crippen molar-refractivity contribution in [2.45, 2.75) is 59.5 Å². The molecule has 5 heteroatoms. The maximum Gasteiger partial charge on any atom is 0.408 e. The van der Waals surface area contributed by atoms with E-state index in [9.17, 15) is 9.59 Å². The second-order valence-corrected chi connectivity index (χ2v) is 5.65. The second kappa shape index (κ2) is 8.77. The van der Waals surface area contributed by atoms with Crippen molar-refractivity contribution in [2.24, 2.45) is 0 Å². The molecule has 1 aliphatic rings. The molecule has 1 N–H and O–H groups in total. The van der Waals surface area contributed by atoms with Crippen molar-refractivity contribution in [3.8, 4) is 0 Å². The number of amides is 2. The fourth-order valence-electron chi connectivity index (χ4n) is 1.54. The molecule has 1 rings (SSSR count). The molecular formula is C14H28N2O3. The quantitative estimate of drug-likeness (QED) is 0.840. The van der Waals surface area contributed by atoms with Crippen LogP contribution in [0.25, 0.3) is 0 Å². The van der Waals surface area contributed by atoms with E-state index >= 15 is 0 Å². The van der Waals surface area contributed by atoms with Gasteiger partial charge in [0.25, 0.3) is 0 Å². The van der Waals surface area contributed by atoms with Crippen molar-refractivity contribution in [2.75, 3.05) is 19.6 Å². The molecule has 5 nitrogen and oxygen atoms in total. The maximum atomic E-state index is 11.6. The van der Waals surface area contributed by atoms with Gasteiger partial charge in [0.15, 0.2) is 0 Å². The Morgan fingerprint density at radius 1 is 1.16 bits per heavy atom. The minimum Gasteiger partial charge on any atom is -0.444 e. The van der Waals surface area contributed by atoms with Gasteiger partial charge in [-0.3, -0.25) is 4.79 Å². The van der Waals surface area contributed by atoms with E-state index in [-0.39, 0.29) is 12.5 Å². The van der Waals surface area contributed by atoms with Gasteiger partial charge in [-0.05, 0) is 33.6 Å². The van der Waals surface area contributed by atoms with E-state index in [2.05, 4.69) is 19.2 Å². The minimum absolute atomic E-state index is 0.0227. The Labute approximate surface area is 116 Å². The van der Waals surface area contributed by atoms with Gasteiger partial charge in [-0.1, -0.05) is 20.3 Å². The van der Waals surface area contributed by atoms with Gasteiger partial charge < -0.3 is 15.0 Å². The monoisotopic (exact) mass is 272 g/mol. The van der Waals surface area contributed by atoms with Gasteiger partial charge >= 0.3 is 6.09 Å². The van der Waals surface area contributed by atoms with Crippen LogP contribution in [0.1, 0.15) is 53.9 Å². The molecule has 1 saturated heterocycles. The van der Waals surface area contributed by atoms with E-state index in [4.69, 9.17) is 4.74 Å². The zero-order valence-electron chi connectivity index (χ0n) is 12.9. The summed E-state index contributed by atoms with van der Waals surface area (Å²) in [7, 11) is 0. The van der Waals surface area contributed by atoms with E-state index < -0.39 is 11.7 Å². The molecule has 0 aromatic carbocycles. The normalized spacial score (nSPS) is 14.5. The summed E-state index contributed by atoms with van der Waals surface area (Å²) in [5, 5.41) is 2.46. The van der Waals surface area contributed by atoms with Gasteiger partial charge in [0.1, 0.15) is 12.1 Å². The highest BCUT2D eigenvalue weighted by molar-refractivity contribution is 5.82. The Hall–Kier alpha value is -1.26. The number of hydrogen-bond acceptors (Lipinski definition) is 3. The number of alkyl carbamates (subject to hydrolysis) is 1. The Morgan fingerprint density at radius 2 is 1.63 bits per heavy atom. The highest BCUT2D eigenvalue weighted by atomic mass is 16.6. The van der Waals surface area contributed by atoms with Crippen LogP contribution in [0.3, 0.4) is 0 Å². The van der Waals surface area contributed by atoms with Crippen molar-refractivity contribution in [3.05, 3.63) is 0 Å². The van der Waals surface area contributed by atoms with Crippen LogP contribution in [0.4, 0.5) is 4.79 Å². The van der Waals surface area contributed by atoms with Crippen molar-refractivity contribution >= 4 is 12.0 Å². The smallest absolute Gasteiger partial charge is 0.408 e. The highest BCUT2D eigenvalue weighted by Crippen LogP contribution is 2.08. The van der Waals surface area contributed by atoms with Crippen LogP contribution in [0, 0.1) is 0 Å². The Bertz CT molecular complexity index is 279. The van der Waals surface area contributed by atoms with Crippen molar-refractivity contribution in [1.82, 2.24) is 10.2 Å². The van der Waals surface area contributed by atoms with Crippen LogP contribution in [-0.2, 0) is 9.53 Å². The molecule has 0 unspecified atom stereocenters. The summed E-state index contributed by atoms with van der Waals surface area (Å²) < 4.78 is 5.03. The Balaban J connectivity index is 0.000000982. The zero-order valence-corrected chi connectivity index (χ0v) is 12.9. The third-order valence-electron chi connectivity index (χ3n) is 2.24. The average molecular weight is 272 g/mol. The van der Waals surface area contributed by atoms with Crippen LogP contribution in [0.5, 0.6) is 0 Å². The van der Waals surface area contributed by atoms with Crippen LogP contribution in [0.2, 0.25) is 0 Å². The molecule has 2 amide bonds.